The van der Waals surface area contributed by atoms with Crippen molar-refractivity contribution in [3.63, 3.8) is 0 Å². The van der Waals surface area contributed by atoms with Crippen LogP contribution in [0, 0.1) is 0 Å². The molecule has 3 heteroatoms. The maximum absolute atomic E-state index is 11.4. The Morgan fingerprint density at radius 1 is 0.792 bits per heavy atom. The van der Waals surface area contributed by atoms with Crippen LogP contribution in [0.25, 0.3) is 0 Å². The minimum absolute atomic E-state index is 0.197. The van der Waals surface area contributed by atoms with E-state index in [-0.39, 0.29) is 5.91 Å². The Morgan fingerprint density at radius 3 is 1.83 bits per heavy atom. The summed E-state index contributed by atoms with van der Waals surface area (Å²) in [5.74, 6) is -0.606. The van der Waals surface area contributed by atoms with E-state index in [1.54, 1.807) is 0 Å². The monoisotopic (exact) mass is 335 g/mol. The van der Waals surface area contributed by atoms with Crippen molar-refractivity contribution in [2.75, 3.05) is 0 Å². The molecule has 0 unspecified atom stereocenters. The van der Waals surface area contributed by atoms with E-state index in [0.29, 0.717) is 6.42 Å². The number of amides is 2. The zero-order chi connectivity index (χ0) is 17.9. The van der Waals surface area contributed by atoms with E-state index in [4.69, 9.17) is 0 Å². The van der Waals surface area contributed by atoms with Gasteiger partial charge in [0.05, 0.1) is 0 Å². The summed E-state index contributed by atoms with van der Waals surface area (Å²) in [5.41, 5.74) is 0. The molecule has 0 fully saturated rings. The van der Waals surface area contributed by atoms with Crippen LogP contribution in [0.5, 0.6) is 0 Å². The minimum atomic E-state index is -0.409. The van der Waals surface area contributed by atoms with Gasteiger partial charge in [-0.2, -0.15) is 0 Å². The van der Waals surface area contributed by atoms with Gasteiger partial charge in [0.2, 0.25) is 11.8 Å². The van der Waals surface area contributed by atoms with Crippen molar-refractivity contribution in [3.8, 4) is 0 Å². The number of rotatable bonds is 16. The molecule has 0 bridgehead atoms. The quantitative estimate of drug-likeness (QED) is 0.218. The fourth-order valence-electron chi connectivity index (χ4n) is 2.61. The standard InChI is InChI=1S/C21H37NO2/c1-3-5-6-7-8-9-10-11-12-13-14-15-16-17-18-19-21(24)22-20(23)4-2/h4,11-12H,2-3,5-10,13-19H2,1H3,(H,22,23,24). The molecule has 0 aliphatic rings. The molecule has 24 heavy (non-hydrogen) atoms. The molecule has 0 aliphatic heterocycles. The predicted octanol–water partition coefficient (Wildman–Crippen LogP) is 5.85. The third kappa shape index (κ3) is 17.0. The highest BCUT2D eigenvalue weighted by Gasteiger charge is 2.03. The summed E-state index contributed by atoms with van der Waals surface area (Å²) in [5, 5.41) is 2.27. The summed E-state index contributed by atoms with van der Waals surface area (Å²) in [6.07, 6.45) is 22.3. The predicted molar refractivity (Wildman–Crippen MR) is 103 cm³/mol. The molecule has 0 aromatic heterocycles. The summed E-state index contributed by atoms with van der Waals surface area (Å²) < 4.78 is 0. The van der Waals surface area contributed by atoms with Crippen LogP contribution >= 0.6 is 0 Å². The van der Waals surface area contributed by atoms with Gasteiger partial charge in [-0.25, -0.2) is 0 Å². The first-order valence-electron chi connectivity index (χ1n) is 9.82. The van der Waals surface area contributed by atoms with Crippen molar-refractivity contribution in [1.82, 2.24) is 5.32 Å². The normalized spacial score (nSPS) is 10.9. The van der Waals surface area contributed by atoms with Crippen molar-refractivity contribution in [3.05, 3.63) is 24.8 Å². The fraction of sp³-hybridized carbons (Fsp3) is 0.714. The van der Waals surface area contributed by atoms with E-state index >= 15 is 0 Å². The summed E-state index contributed by atoms with van der Waals surface area (Å²) >= 11 is 0. The van der Waals surface area contributed by atoms with Gasteiger partial charge in [-0.05, 0) is 38.2 Å². The molecule has 0 aromatic carbocycles. The Labute approximate surface area is 149 Å². The molecule has 138 valence electrons. The lowest BCUT2D eigenvalue weighted by Crippen LogP contribution is -2.28. The topological polar surface area (TPSA) is 46.2 Å². The first kappa shape index (κ1) is 22.6. The van der Waals surface area contributed by atoms with Crippen molar-refractivity contribution in [2.24, 2.45) is 0 Å². The smallest absolute Gasteiger partial charge is 0.249 e. The third-order valence-corrected chi connectivity index (χ3v) is 4.11. The van der Waals surface area contributed by atoms with Crippen LogP contribution in [-0.4, -0.2) is 11.8 Å². The Hall–Kier alpha value is -1.38. The summed E-state index contributed by atoms with van der Waals surface area (Å²) in [7, 11) is 0. The van der Waals surface area contributed by atoms with Crippen molar-refractivity contribution in [1.29, 1.82) is 0 Å². The lowest BCUT2D eigenvalue weighted by molar-refractivity contribution is -0.128. The zero-order valence-corrected chi connectivity index (χ0v) is 15.7. The average Bonchev–Trinajstić information content (AvgIpc) is 2.58. The van der Waals surface area contributed by atoms with E-state index in [0.717, 1.165) is 25.3 Å². The maximum Gasteiger partial charge on any atom is 0.249 e. The molecule has 0 aromatic rings. The molecule has 0 saturated carbocycles. The number of carbonyl (C=O) groups excluding carboxylic acids is 2. The van der Waals surface area contributed by atoms with E-state index in [2.05, 4.69) is 31.0 Å². The number of hydrogen-bond acceptors (Lipinski definition) is 2. The number of allylic oxidation sites excluding steroid dienone is 2. The Balaban J connectivity index is 3.24. The summed E-state index contributed by atoms with van der Waals surface area (Å²) in [4.78, 5) is 22.3. The molecule has 1 N–H and O–H groups in total. The van der Waals surface area contributed by atoms with Gasteiger partial charge in [-0.15, -0.1) is 0 Å². The lowest BCUT2D eigenvalue weighted by atomic mass is 10.1. The second-order valence-electron chi connectivity index (χ2n) is 6.45. The first-order valence-corrected chi connectivity index (χ1v) is 9.82. The van der Waals surface area contributed by atoms with Crippen LogP contribution in [0.2, 0.25) is 0 Å². The maximum atomic E-state index is 11.4. The molecule has 2 amide bonds. The molecule has 3 nitrogen and oxygen atoms in total. The molecule has 0 atom stereocenters. The van der Waals surface area contributed by atoms with Crippen molar-refractivity contribution in [2.45, 2.75) is 96.8 Å². The molecule has 0 heterocycles. The van der Waals surface area contributed by atoms with Gasteiger partial charge in [-0.1, -0.05) is 77.0 Å². The Kier molecular flexibility index (Phi) is 16.9. The third-order valence-electron chi connectivity index (χ3n) is 4.11. The zero-order valence-electron chi connectivity index (χ0n) is 15.7. The van der Waals surface area contributed by atoms with Gasteiger partial charge in [0.1, 0.15) is 0 Å². The van der Waals surface area contributed by atoms with Crippen LogP contribution in [0.15, 0.2) is 24.8 Å². The van der Waals surface area contributed by atoms with Crippen LogP contribution in [0.3, 0.4) is 0 Å². The molecule has 0 spiro atoms. The first-order chi connectivity index (χ1) is 11.7. The molecule has 0 radical (unpaired) electrons. The number of unbranched alkanes of at least 4 members (excludes halogenated alkanes) is 11. The second kappa shape index (κ2) is 18.0. The van der Waals surface area contributed by atoms with Gasteiger partial charge >= 0.3 is 0 Å². The summed E-state index contributed by atoms with van der Waals surface area (Å²) in [6, 6.07) is 0. The highest BCUT2D eigenvalue weighted by atomic mass is 16.2. The van der Waals surface area contributed by atoms with Gasteiger partial charge in [0.15, 0.2) is 0 Å². The van der Waals surface area contributed by atoms with E-state index in [1.165, 1.54) is 64.2 Å². The molecular formula is C21H37NO2. The largest absolute Gasteiger partial charge is 0.293 e. The van der Waals surface area contributed by atoms with Crippen LogP contribution in [0.4, 0.5) is 0 Å². The van der Waals surface area contributed by atoms with Crippen molar-refractivity contribution < 1.29 is 9.59 Å². The highest BCUT2D eigenvalue weighted by Crippen LogP contribution is 2.09. The van der Waals surface area contributed by atoms with Gasteiger partial charge in [0.25, 0.3) is 0 Å². The van der Waals surface area contributed by atoms with Gasteiger partial charge in [-0.3, -0.25) is 14.9 Å². The summed E-state index contributed by atoms with van der Waals surface area (Å²) in [6.45, 7) is 5.58. The van der Waals surface area contributed by atoms with Crippen molar-refractivity contribution >= 4 is 11.8 Å². The number of hydrogen-bond donors (Lipinski definition) is 1. The van der Waals surface area contributed by atoms with Crippen LogP contribution in [-0.2, 0) is 9.59 Å². The van der Waals surface area contributed by atoms with Crippen LogP contribution in [0.1, 0.15) is 96.8 Å². The Bertz CT molecular complexity index is 361. The van der Waals surface area contributed by atoms with Gasteiger partial charge in [0, 0.05) is 6.42 Å². The minimum Gasteiger partial charge on any atom is -0.293 e. The SMILES string of the molecule is C=CC(=O)NC(=O)CCCCCCCC=CCCCCCCCC. The molecule has 0 rings (SSSR count). The second-order valence-corrected chi connectivity index (χ2v) is 6.45. The van der Waals surface area contributed by atoms with E-state index in [1.807, 2.05) is 0 Å². The lowest BCUT2D eigenvalue weighted by Gasteiger charge is -2.01. The number of carbonyl (C=O) groups is 2. The average molecular weight is 336 g/mol. The molecule has 0 aliphatic carbocycles. The van der Waals surface area contributed by atoms with E-state index in [9.17, 15) is 9.59 Å². The van der Waals surface area contributed by atoms with Gasteiger partial charge < -0.3 is 0 Å². The molecular weight excluding hydrogens is 298 g/mol. The fourth-order valence-corrected chi connectivity index (χ4v) is 2.61. The van der Waals surface area contributed by atoms with Crippen LogP contribution < -0.4 is 5.32 Å². The number of imide groups is 1. The Morgan fingerprint density at radius 2 is 1.29 bits per heavy atom. The highest BCUT2D eigenvalue weighted by molar-refractivity contribution is 6.00. The number of nitrogens with one attached hydrogen (secondary N) is 1. The molecule has 0 saturated heterocycles. The van der Waals surface area contributed by atoms with E-state index < -0.39 is 5.91 Å².